The predicted molar refractivity (Wildman–Crippen MR) is 89.1 cm³/mol. The molecule has 0 aliphatic rings. The quantitative estimate of drug-likeness (QED) is 0.776. The van der Waals surface area contributed by atoms with Gasteiger partial charge in [-0.05, 0) is 53.2 Å². The maximum Gasteiger partial charge on any atom is 0.279 e. The van der Waals surface area contributed by atoms with E-state index in [1.807, 2.05) is 0 Å². The zero-order valence-electron chi connectivity index (χ0n) is 12.0. The minimum atomic E-state index is -0.818. The summed E-state index contributed by atoms with van der Waals surface area (Å²) in [6.45, 7) is 1.56. The molecule has 0 bridgehead atoms. The number of hydrazine groups is 1. The standard InChI is InChI=1S/C15H13BrClN3O3/c1-9(23-13-5-4-11(17)7-12(13)16)14(21)19-20-15(22)10-3-2-6-18-8-10/h2-9H,1H3,(H,19,21)(H,20,22). The van der Waals surface area contributed by atoms with Crippen LogP contribution in [0.1, 0.15) is 17.3 Å². The number of benzene rings is 1. The van der Waals surface area contributed by atoms with E-state index in [1.165, 1.54) is 6.20 Å². The molecule has 23 heavy (non-hydrogen) atoms. The lowest BCUT2D eigenvalue weighted by atomic mass is 10.3. The van der Waals surface area contributed by atoms with Crippen molar-refractivity contribution >= 4 is 39.3 Å². The number of pyridine rings is 1. The largest absolute Gasteiger partial charge is 0.480 e. The van der Waals surface area contributed by atoms with E-state index in [-0.39, 0.29) is 0 Å². The second-order valence-corrected chi connectivity index (χ2v) is 5.81. The molecule has 0 radical (unpaired) electrons. The fourth-order valence-corrected chi connectivity index (χ4v) is 2.38. The van der Waals surface area contributed by atoms with Crippen molar-refractivity contribution in [1.82, 2.24) is 15.8 Å². The molecule has 2 N–H and O–H groups in total. The van der Waals surface area contributed by atoms with E-state index in [9.17, 15) is 9.59 Å². The van der Waals surface area contributed by atoms with Gasteiger partial charge in [0, 0.05) is 17.4 Å². The molecule has 1 aromatic heterocycles. The van der Waals surface area contributed by atoms with Crippen LogP contribution in [0.2, 0.25) is 5.02 Å². The number of aromatic nitrogens is 1. The highest BCUT2D eigenvalue weighted by molar-refractivity contribution is 9.10. The van der Waals surface area contributed by atoms with Gasteiger partial charge in [0.2, 0.25) is 0 Å². The minimum Gasteiger partial charge on any atom is -0.480 e. The summed E-state index contributed by atoms with van der Waals surface area (Å²) in [6.07, 6.45) is 2.13. The number of hydrogen-bond donors (Lipinski definition) is 2. The van der Waals surface area contributed by atoms with Crippen LogP contribution in [0.15, 0.2) is 47.2 Å². The SMILES string of the molecule is CC(Oc1ccc(Cl)cc1Br)C(=O)NNC(=O)c1cccnc1. The van der Waals surface area contributed by atoms with Gasteiger partial charge < -0.3 is 4.74 Å². The Balaban J connectivity index is 1.89. The second-order valence-electron chi connectivity index (χ2n) is 4.52. The Bertz CT molecular complexity index is 712. The molecule has 0 spiro atoms. The summed E-state index contributed by atoms with van der Waals surface area (Å²) in [6, 6.07) is 8.16. The van der Waals surface area contributed by atoms with Crippen LogP contribution in [0.5, 0.6) is 5.75 Å². The first kappa shape index (κ1) is 17.2. The van der Waals surface area contributed by atoms with E-state index >= 15 is 0 Å². The molecule has 8 heteroatoms. The third-order valence-corrected chi connectivity index (χ3v) is 3.64. The van der Waals surface area contributed by atoms with Crippen LogP contribution in [0.3, 0.4) is 0 Å². The van der Waals surface area contributed by atoms with Crippen molar-refractivity contribution in [1.29, 1.82) is 0 Å². The number of ether oxygens (including phenoxy) is 1. The summed E-state index contributed by atoms with van der Waals surface area (Å²) in [5, 5.41) is 0.546. The molecule has 1 aromatic carbocycles. The summed E-state index contributed by atoms with van der Waals surface area (Å²) in [4.78, 5) is 27.6. The number of carbonyl (C=O) groups is 2. The van der Waals surface area contributed by atoms with Gasteiger partial charge in [-0.25, -0.2) is 0 Å². The normalized spacial score (nSPS) is 11.4. The number of carbonyl (C=O) groups excluding carboxylic acids is 2. The third kappa shape index (κ3) is 4.94. The van der Waals surface area contributed by atoms with E-state index in [1.54, 1.807) is 43.5 Å². The number of rotatable bonds is 4. The van der Waals surface area contributed by atoms with E-state index in [0.717, 1.165) is 0 Å². The van der Waals surface area contributed by atoms with Gasteiger partial charge in [-0.15, -0.1) is 0 Å². The van der Waals surface area contributed by atoms with Gasteiger partial charge in [-0.3, -0.25) is 25.4 Å². The Hall–Kier alpha value is -2.12. The van der Waals surface area contributed by atoms with Crippen LogP contribution < -0.4 is 15.6 Å². The lowest BCUT2D eigenvalue weighted by Gasteiger charge is -2.16. The fraction of sp³-hybridized carbons (Fsp3) is 0.133. The summed E-state index contributed by atoms with van der Waals surface area (Å²) in [5.74, 6) is -0.494. The highest BCUT2D eigenvalue weighted by Gasteiger charge is 2.17. The number of nitrogens with zero attached hydrogens (tertiary/aromatic N) is 1. The molecule has 1 atom stereocenters. The Morgan fingerprint density at radius 2 is 2.09 bits per heavy atom. The Labute approximate surface area is 146 Å². The molecule has 120 valence electrons. The van der Waals surface area contributed by atoms with Crippen LogP contribution >= 0.6 is 27.5 Å². The Morgan fingerprint density at radius 1 is 1.30 bits per heavy atom. The van der Waals surface area contributed by atoms with E-state index in [2.05, 4.69) is 31.8 Å². The lowest BCUT2D eigenvalue weighted by Crippen LogP contribution is -2.47. The molecule has 2 rings (SSSR count). The highest BCUT2D eigenvalue weighted by atomic mass is 79.9. The zero-order valence-corrected chi connectivity index (χ0v) is 14.4. The Morgan fingerprint density at radius 3 is 2.74 bits per heavy atom. The van der Waals surface area contributed by atoms with Crippen molar-refractivity contribution in [3.63, 3.8) is 0 Å². The first-order chi connectivity index (χ1) is 11.0. The van der Waals surface area contributed by atoms with E-state index < -0.39 is 17.9 Å². The van der Waals surface area contributed by atoms with Crippen LogP contribution in [-0.2, 0) is 4.79 Å². The van der Waals surface area contributed by atoms with Crippen molar-refractivity contribution in [3.8, 4) is 5.75 Å². The van der Waals surface area contributed by atoms with Gasteiger partial charge in [0.15, 0.2) is 6.10 Å². The molecule has 1 heterocycles. The van der Waals surface area contributed by atoms with Crippen molar-refractivity contribution in [2.24, 2.45) is 0 Å². The summed E-state index contributed by atoms with van der Waals surface area (Å²) >= 11 is 9.14. The van der Waals surface area contributed by atoms with Gasteiger partial charge in [-0.1, -0.05) is 11.6 Å². The molecule has 1 unspecified atom stereocenters. The molecular weight excluding hydrogens is 386 g/mol. The second kappa shape index (κ2) is 7.94. The summed E-state index contributed by atoms with van der Waals surface area (Å²) < 4.78 is 6.15. The van der Waals surface area contributed by atoms with E-state index in [0.29, 0.717) is 20.8 Å². The smallest absolute Gasteiger partial charge is 0.279 e. The molecule has 6 nitrogen and oxygen atoms in total. The molecule has 2 amide bonds. The number of nitrogens with one attached hydrogen (secondary N) is 2. The maximum atomic E-state index is 12.0. The van der Waals surface area contributed by atoms with Crippen LogP contribution in [0, 0.1) is 0 Å². The monoisotopic (exact) mass is 397 g/mol. The van der Waals surface area contributed by atoms with Gasteiger partial charge in [0.05, 0.1) is 10.0 Å². The third-order valence-electron chi connectivity index (χ3n) is 2.79. The highest BCUT2D eigenvalue weighted by Crippen LogP contribution is 2.28. The molecule has 0 saturated heterocycles. The lowest BCUT2D eigenvalue weighted by molar-refractivity contribution is -0.128. The molecule has 0 aliphatic heterocycles. The van der Waals surface area contributed by atoms with Crippen LogP contribution in [0.4, 0.5) is 0 Å². The Kier molecular flexibility index (Phi) is 5.95. The zero-order chi connectivity index (χ0) is 16.8. The van der Waals surface area contributed by atoms with Gasteiger partial charge in [-0.2, -0.15) is 0 Å². The van der Waals surface area contributed by atoms with Crippen molar-refractivity contribution in [2.75, 3.05) is 0 Å². The molecule has 0 fully saturated rings. The summed E-state index contributed by atoms with van der Waals surface area (Å²) in [7, 11) is 0. The van der Waals surface area contributed by atoms with Crippen LogP contribution in [0.25, 0.3) is 0 Å². The van der Waals surface area contributed by atoms with E-state index in [4.69, 9.17) is 16.3 Å². The predicted octanol–water partition coefficient (Wildman–Crippen LogP) is 2.73. The molecule has 2 aromatic rings. The summed E-state index contributed by atoms with van der Waals surface area (Å²) in [5.41, 5.74) is 4.93. The van der Waals surface area contributed by atoms with Gasteiger partial charge in [0.25, 0.3) is 11.8 Å². The topological polar surface area (TPSA) is 80.3 Å². The molecule has 0 saturated carbocycles. The van der Waals surface area contributed by atoms with Crippen molar-refractivity contribution in [2.45, 2.75) is 13.0 Å². The maximum absolute atomic E-state index is 12.0. The average molecular weight is 399 g/mol. The minimum absolute atomic E-state index is 0.335. The molecule has 0 aliphatic carbocycles. The fourth-order valence-electron chi connectivity index (χ4n) is 1.60. The van der Waals surface area contributed by atoms with Crippen LogP contribution in [-0.4, -0.2) is 22.9 Å². The van der Waals surface area contributed by atoms with Crippen molar-refractivity contribution < 1.29 is 14.3 Å². The first-order valence-corrected chi connectivity index (χ1v) is 7.76. The average Bonchev–Trinajstić information content (AvgIpc) is 2.55. The van der Waals surface area contributed by atoms with Gasteiger partial charge in [0.1, 0.15) is 5.75 Å². The van der Waals surface area contributed by atoms with Gasteiger partial charge >= 0.3 is 0 Å². The number of amides is 2. The first-order valence-electron chi connectivity index (χ1n) is 6.59. The number of hydrogen-bond acceptors (Lipinski definition) is 4. The van der Waals surface area contributed by atoms with Crippen molar-refractivity contribution in [3.05, 3.63) is 57.8 Å². The number of halogens is 2. The molecular formula is C15H13BrClN3O3.